The molecule has 3 nitrogen and oxygen atoms in total. The topological polar surface area (TPSA) is 29.5 Å². The molecule has 57 heavy (non-hydrogen) atoms. The molecule has 2 aliphatic carbocycles. The van der Waals surface area contributed by atoms with E-state index in [-0.39, 0.29) is 10.8 Å². The van der Waals surface area contributed by atoms with Gasteiger partial charge in [-0.2, -0.15) is 0 Å². The molecule has 0 fully saturated rings. The molecule has 0 radical (unpaired) electrons. The maximum Gasteiger partial charge on any atom is 0.159 e. The molecule has 0 unspecified atom stereocenters. The molecule has 0 aliphatic heterocycles. The Balaban J connectivity index is 1.15. The summed E-state index contributed by atoms with van der Waals surface area (Å²) >= 11 is 0. The van der Waals surface area contributed by atoms with E-state index in [0.717, 1.165) is 72.1 Å². The average molecular weight is 734 g/mol. The van der Waals surface area contributed by atoms with E-state index in [9.17, 15) is 0 Å². The Morgan fingerprint density at radius 1 is 0.404 bits per heavy atom. The normalized spacial score (nSPS) is 14.6. The van der Waals surface area contributed by atoms with Gasteiger partial charge in [-0.05, 0) is 92.5 Å². The van der Waals surface area contributed by atoms with Crippen LogP contribution in [-0.4, -0.2) is 0 Å². The largest absolute Gasteiger partial charge is 0.456 e. The van der Waals surface area contributed by atoms with E-state index in [0.29, 0.717) is 0 Å². The zero-order chi connectivity index (χ0) is 38.2. The Labute approximate surface area is 331 Å². The van der Waals surface area contributed by atoms with Crippen molar-refractivity contribution in [2.75, 3.05) is 4.90 Å². The third-order valence-corrected chi connectivity index (χ3v) is 13.1. The van der Waals surface area contributed by atoms with Gasteiger partial charge in [0.15, 0.2) is 5.58 Å². The van der Waals surface area contributed by atoms with Gasteiger partial charge in [0.05, 0.1) is 5.69 Å². The van der Waals surface area contributed by atoms with Crippen molar-refractivity contribution >= 4 is 60.9 Å². The molecule has 0 atom stereocenters. The number of rotatable bonds is 4. The summed E-state index contributed by atoms with van der Waals surface area (Å²) in [6.45, 7) is 9.41. The summed E-state index contributed by atoms with van der Waals surface area (Å²) in [4.78, 5) is 2.42. The highest BCUT2D eigenvalue weighted by Crippen LogP contribution is 2.54. The third kappa shape index (κ3) is 4.37. The van der Waals surface area contributed by atoms with Crippen LogP contribution in [0, 0.1) is 0 Å². The fourth-order valence-corrected chi connectivity index (χ4v) is 10.3. The van der Waals surface area contributed by atoms with Crippen molar-refractivity contribution in [3.8, 4) is 33.4 Å². The van der Waals surface area contributed by atoms with Crippen LogP contribution >= 0.6 is 0 Å². The average Bonchev–Trinajstić information content (AvgIpc) is 3.93. The molecular weight excluding hydrogens is 695 g/mol. The maximum absolute atomic E-state index is 7.30. The summed E-state index contributed by atoms with van der Waals surface area (Å²) in [6, 6.07) is 59.5. The number of fused-ring (bicyclic) bond motifs is 12. The Morgan fingerprint density at radius 2 is 0.965 bits per heavy atom. The SMILES string of the molecule is CC1(C)c2ccccc2-c2ccc(N(c3ccc4c(c3)C(C)(C)c3ccccc3-4)c3cccc4c3oc3c(-c5ccccc5)c5c(cc34)oc3ccccc35)cc21. The molecule has 2 aromatic heterocycles. The van der Waals surface area contributed by atoms with Gasteiger partial charge in [0.1, 0.15) is 16.7 Å². The van der Waals surface area contributed by atoms with Crippen molar-refractivity contribution in [3.63, 3.8) is 0 Å². The molecule has 12 rings (SSSR count). The van der Waals surface area contributed by atoms with E-state index in [1.54, 1.807) is 0 Å². The minimum Gasteiger partial charge on any atom is -0.456 e. The zero-order valence-corrected chi connectivity index (χ0v) is 32.4. The highest BCUT2D eigenvalue weighted by Gasteiger charge is 2.38. The van der Waals surface area contributed by atoms with Crippen LogP contribution in [0.2, 0.25) is 0 Å². The maximum atomic E-state index is 7.30. The zero-order valence-electron chi connectivity index (χ0n) is 32.4. The number of furan rings is 2. The van der Waals surface area contributed by atoms with E-state index < -0.39 is 0 Å². The summed E-state index contributed by atoms with van der Waals surface area (Å²) in [5.74, 6) is 0. The second-order valence-corrected chi connectivity index (χ2v) is 16.9. The van der Waals surface area contributed by atoms with E-state index in [2.05, 4.69) is 184 Å². The molecule has 0 bridgehead atoms. The van der Waals surface area contributed by atoms with Gasteiger partial charge in [0.2, 0.25) is 0 Å². The van der Waals surface area contributed by atoms with Crippen LogP contribution in [0.5, 0.6) is 0 Å². The molecule has 0 N–H and O–H groups in total. The van der Waals surface area contributed by atoms with Crippen molar-refractivity contribution in [1.82, 2.24) is 0 Å². The Bertz CT molecular complexity index is 3200. The Morgan fingerprint density at radius 3 is 1.63 bits per heavy atom. The van der Waals surface area contributed by atoms with E-state index >= 15 is 0 Å². The molecule has 272 valence electrons. The van der Waals surface area contributed by atoms with Gasteiger partial charge >= 0.3 is 0 Å². The monoisotopic (exact) mass is 733 g/mol. The van der Waals surface area contributed by atoms with Gasteiger partial charge in [-0.3, -0.25) is 0 Å². The number of nitrogens with zero attached hydrogens (tertiary/aromatic N) is 1. The van der Waals surface area contributed by atoms with Crippen LogP contribution in [0.1, 0.15) is 49.9 Å². The van der Waals surface area contributed by atoms with Crippen molar-refractivity contribution in [3.05, 3.63) is 186 Å². The molecule has 3 heteroatoms. The van der Waals surface area contributed by atoms with Crippen LogP contribution < -0.4 is 4.90 Å². The van der Waals surface area contributed by atoms with E-state index in [4.69, 9.17) is 8.83 Å². The second kappa shape index (κ2) is 11.4. The number of para-hydroxylation sites is 2. The smallest absolute Gasteiger partial charge is 0.159 e. The molecule has 8 aromatic carbocycles. The van der Waals surface area contributed by atoms with Gasteiger partial charge in [-0.25, -0.2) is 0 Å². The molecule has 2 aliphatic rings. The summed E-state index contributed by atoms with van der Waals surface area (Å²) in [5.41, 5.74) is 19.1. The minimum atomic E-state index is -0.151. The molecule has 0 spiro atoms. The van der Waals surface area contributed by atoms with Gasteiger partial charge in [-0.15, -0.1) is 0 Å². The fraction of sp³-hybridized carbons (Fsp3) is 0.111. The van der Waals surface area contributed by atoms with Crippen molar-refractivity contribution in [1.29, 1.82) is 0 Å². The van der Waals surface area contributed by atoms with Crippen LogP contribution in [0.15, 0.2) is 173 Å². The van der Waals surface area contributed by atoms with Crippen LogP contribution in [0.4, 0.5) is 17.1 Å². The van der Waals surface area contributed by atoms with Crippen LogP contribution in [0.25, 0.3) is 77.3 Å². The molecule has 2 heterocycles. The van der Waals surface area contributed by atoms with Gasteiger partial charge < -0.3 is 13.7 Å². The lowest BCUT2D eigenvalue weighted by molar-refractivity contribution is 0.659. The first-order valence-corrected chi connectivity index (χ1v) is 19.9. The molecule has 10 aromatic rings. The van der Waals surface area contributed by atoms with Crippen molar-refractivity contribution in [2.24, 2.45) is 0 Å². The van der Waals surface area contributed by atoms with E-state index in [1.807, 2.05) is 12.1 Å². The van der Waals surface area contributed by atoms with Gasteiger partial charge in [-0.1, -0.05) is 149 Å². The lowest BCUT2D eigenvalue weighted by Gasteiger charge is -2.29. The van der Waals surface area contributed by atoms with Crippen molar-refractivity contribution in [2.45, 2.75) is 38.5 Å². The third-order valence-electron chi connectivity index (χ3n) is 13.1. The number of hydrogen-bond acceptors (Lipinski definition) is 3. The fourth-order valence-electron chi connectivity index (χ4n) is 10.3. The number of benzene rings is 8. The van der Waals surface area contributed by atoms with Crippen molar-refractivity contribution < 1.29 is 8.83 Å². The first-order valence-electron chi connectivity index (χ1n) is 19.9. The summed E-state index contributed by atoms with van der Waals surface area (Å²) in [6.07, 6.45) is 0. The lowest BCUT2D eigenvalue weighted by atomic mass is 9.82. The molecule has 0 saturated heterocycles. The van der Waals surface area contributed by atoms with Crippen LogP contribution in [-0.2, 0) is 10.8 Å². The number of anilines is 3. The first-order chi connectivity index (χ1) is 27.8. The summed E-state index contributed by atoms with van der Waals surface area (Å²) in [7, 11) is 0. The molecule has 0 saturated carbocycles. The number of hydrogen-bond donors (Lipinski definition) is 0. The highest BCUT2D eigenvalue weighted by molar-refractivity contribution is 6.24. The van der Waals surface area contributed by atoms with E-state index in [1.165, 1.54) is 44.5 Å². The second-order valence-electron chi connectivity index (χ2n) is 16.9. The predicted octanol–water partition coefficient (Wildman–Crippen LogP) is 15.2. The molecular formula is C54H39NO2. The minimum absolute atomic E-state index is 0.151. The highest BCUT2D eigenvalue weighted by atomic mass is 16.3. The van der Waals surface area contributed by atoms with Crippen LogP contribution in [0.3, 0.4) is 0 Å². The summed E-state index contributed by atoms with van der Waals surface area (Å²) < 4.78 is 13.9. The molecule has 0 amide bonds. The Hall–Kier alpha value is -6.84. The predicted molar refractivity (Wildman–Crippen MR) is 236 cm³/mol. The van der Waals surface area contributed by atoms with Gasteiger partial charge in [0, 0.05) is 49.3 Å². The standard InChI is InChI=1S/C54H39NO2/c1-53(2)42-21-11-8-17-35(42)37-27-25-33(29-44(37)53)55(34-26-28-38-36-18-9-12-22-43(36)54(3,4)45(38)30-34)46-23-14-20-39-41-31-48-50(40-19-10-13-24-47(40)56-48)49(52(41)57-51(39)46)32-15-6-5-7-16-32/h5-31H,1-4H3. The first kappa shape index (κ1) is 32.4. The quantitative estimate of drug-likeness (QED) is 0.180. The summed E-state index contributed by atoms with van der Waals surface area (Å²) in [5, 5.41) is 4.24. The van der Waals surface area contributed by atoms with Gasteiger partial charge in [0.25, 0.3) is 0 Å². The lowest BCUT2D eigenvalue weighted by Crippen LogP contribution is -2.18. The Kier molecular flexibility index (Phi) is 6.46.